The fraction of sp³-hybridized carbons (Fsp3) is 0.0270. The first-order chi connectivity index (χ1) is 24.9. The summed E-state index contributed by atoms with van der Waals surface area (Å²) in [5.74, 6) is -0.504. The SMILES string of the molecule is Oc1c(I)cc([18F])c2cccnc12.Oc1c([18F])cc(Cl)c2cccnc12.Oc1cccc2ccc(I)nc12.[11CH3]Oc1c(I)cc(Cl)c2cccnc12. The number of phenolic OH excluding ortho intramolecular Hbond substituents is 3. The lowest BCUT2D eigenvalue weighted by Crippen LogP contribution is -1.91. The number of aromatic hydroxyl groups is 3. The smallest absolute Gasteiger partial charge is 0.178 e. The lowest BCUT2D eigenvalue weighted by Gasteiger charge is -2.07. The van der Waals surface area contributed by atoms with Gasteiger partial charge in [0.2, 0.25) is 0 Å². The van der Waals surface area contributed by atoms with Crippen molar-refractivity contribution in [2.24, 2.45) is 0 Å². The average Bonchev–Trinajstić information content (AvgIpc) is 3.14. The number of nitrogens with zero attached hydrogens (tertiary/aromatic N) is 4. The molecule has 0 unspecified atom stereocenters. The number of phenols is 3. The van der Waals surface area contributed by atoms with Gasteiger partial charge in [-0.3, -0.25) is 15.0 Å². The number of halogens is 7. The number of ether oxygens (including phenoxy) is 1. The van der Waals surface area contributed by atoms with Crippen LogP contribution in [0.1, 0.15) is 0 Å². The van der Waals surface area contributed by atoms with E-state index in [0.29, 0.717) is 30.4 Å². The molecule has 0 bridgehead atoms. The van der Waals surface area contributed by atoms with Crippen LogP contribution in [0.4, 0.5) is 8.78 Å². The van der Waals surface area contributed by atoms with Gasteiger partial charge in [-0.15, -0.1) is 0 Å². The highest BCUT2D eigenvalue weighted by Crippen LogP contribution is 2.35. The highest BCUT2D eigenvalue weighted by atomic mass is 127. The van der Waals surface area contributed by atoms with Crippen molar-refractivity contribution in [3.63, 3.8) is 0 Å². The minimum atomic E-state index is -0.754. The Morgan fingerprint density at radius 2 is 1.17 bits per heavy atom. The van der Waals surface area contributed by atoms with E-state index in [9.17, 15) is 24.1 Å². The van der Waals surface area contributed by atoms with Crippen molar-refractivity contribution in [2.75, 3.05) is 7.11 Å². The van der Waals surface area contributed by atoms with Gasteiger partial charge in [-0.1, -0.05) is 41.4 Å². The molecule has 15 heteroatoms. The molecule has 0 radical (unpaired) electrons. The van der Waals surface area contributed by atoms with Gasteiger partial charge in [0.05, 0.1) is 24.3 Å². The maximum atomic E-state index is 13.3. The number of aromatic nitrogens is 4. The zero-order chi connectivity index (χ0) is 37.5. The number of fused-ring (bicyclic) bond motifs is 4. The van der Waals surface area contributed by atoms with Crippen molar-refractivity contribution in [2.45, 2.75) is 0 Å². The molecule has 0 spiro atoms. The van der Waals surface area contributed by atoms with Crippen molar-refractivity contribution in [1.29, 1.82) is 0 Å². The van der Waals surface area contributed by atoms with E-state index >= 15 is 0 Å². The second-order valence-electron chi connectivity index (χ2n) is 10.4. The Morgan fingerprint density at radius 1 is 0.596 bits per heavy atom. The summed E-state index contributed by atoms with van der Waals surface area (Å²) in [5.41, 5.74) is 1.98. The summed E-state index contributed by atoms with van der Waals surface area (Å²) < 4.78 is 33.8. The first-order valence-corrected chi connectivity index (χ1v) is 18.7. The Hall–Kier alpha value is -3.65. The van der Waals surface area contributed by atoms with Crippen LogP contribution in [0.3, 0.4) is 0 Å². The number of pyridine rings is 4. The molecule has 8 rings (SSSR count). The van der Waals surface area contributed by atoms with Gasteiger partial charge in [-0.05, 0) is 135 Å². The van der Waals surface area contributed by atoms with Crippen LogP contribution in [-0.2, 0) is 0 Å². The van der Waals surface area contributed by atoms with Crippen LogP contribution in [0, 0.1) is 22.5 Å². The summed E-state index contributed by atoms with van der Waals surface area (Å²) >= 11 is 18.0. The van der Waals surface area contributed by atoms with Crippen molar-refractivity contribution in [3.05, 3.63) is 136 Å². The molecule has 0 aliphatic rings. The Balaban J connectivity index is 0.000000134. The van der Waals surface area contributed by atoms with Crippen molar-refractivity contribution < 1.29 is 28.8 Å². The van der Waals surface area contributed by atoms with E-state index in [1.54, 1.807) is 43.6 Å². The number of benzene rings is 4. The summed E-state index contributed by atoms with van der Waals surface area (Å²) in [6, 6.07) is 23.9. The highest BCUT2D eigenvalue weighted by Gasteiger charge is 2.12. The molecule has 0 amide bonds. The standard InChI is InChI=1S/C10H7ClINO.C9H5ClFNO.C9H5FINO.C9H6INO/c1-14-10-8(12)5-7(11)6-3-2-4-13-9(6)10;2*10-6-4-7(11)9(13)8-5(6)2-1-3-12-8;10-8-5-4-6-2-1-3-7(12)9(6)11-8/h2-5H,1H3;2*1-4,13H;1-5,12H/i1-1;11-1;10-1;. The Bertz CT molecular complexity index is 2480. The van der Waals surface area contributed by atoms with E-state index in [0.717, 1.165) is 35.4 Å². The summed E-state index contributed by atoms with van der Waals surface area (Å²) in [7, 11) is 1.64. The van der Waals surface area contributed by atoms with E-state index in [1.807, 2.05) is 65.1 Å². The van der Waals surface area contributed by atoms with Crippen LogP contribution in [-0.4, -0.2) is 42.4 Å². The topological polar surface area (TPSA) is 121 Å². The largest absolute Gasteiger partial charge is 0.506 e. The fourth-order valence-electron chi connectivity index (χ4n) is 4.76. The van der Waals surface area contributed by atoms with Crippen LogP contribution in [0.2, 0.25) is 10.0 Å². The van der Waals surface area contributed by atoms with E-state index in [-0.39, 0.29) is 27.9 Å². The van der Waals surface area contributed by atoms with Gasteiger partial charge in [-0.2, -0.15) is 0 Å². The quantitative estimate of drug-likeness (QED) is 0.110. The van der Waals surface area contributed by atoms with Gasteiger partial charge in [0.15, 0.2) is 23.1 Å². The molecule has 0 fully saturated rings. The number of methoxy groups -OCH3 is 1. The number of hydrogen-bond donors (Lipinski definition) is 3. The predicted octanol–water partition coefficient (Wildman–Crippen LogP) is 11.5. The summed E-state index contributed by atoms with van der Waals surface area (Å²) in [4.78, 5) is 16.2. The maximum Gasteiger partial charge on any atom is 0.178 e. The number of hydrogen-bond acceptors (Lipinski definition) is 8. The first kappa shape index (κ1) is 39.6. The Kier molecular flexibility index (Phi) is 13.6. The molecule has 52 heavy (non-hydrogen) atoms. The van der Waals surface area contributed by atoms with Gasteiger partial charge < -0.3 is 20.1 Å². The highest BCUT2D eigenvalue weighted by molar-refractivity contribution is 14.1. The molecule has 4 aromatic carbocycles. The zero-order valence-electron chi connectivity index (χ0n) is 26.5. The second kappa shape index (κ2) is 17.9. The van der Waals surface area contributed by atoms with Gasteiger partial charge in [0.25, 0.3) is 0 Å². The Labute approximate surface area is 346 Å². The lowest BCUT2D eigenvalue weighted by atomic mass is 10.2. The summed E-state index contributed by atoms with van der Waals surface area (Å²) in [6.07, 6.45) is 4.73. The molecule has 8 aromatic rings. The molecule has 4 aromatic heterocycles. The molecular weight excluding hydrogens is 1050 g/mol. The van der Waals surface area contributed by atoms with Crippen LogP contribution in [0.25, 0.3) is 43.6 Å². The third-order valence-electron chi connectivity index (χ3n) is 7.16. The second-order valence-corrected chi connectivity index (χ2v) is 14.7. The first-order valence-electron chi connectivity index (χ1n) is 14.8. The third-order valence-corrected chi connectivity index (χ3v) is 10.0. The molecule has 0 saturated heterocycles. The fourth-order valence-corrected chi connectivity index (χ4v) is 7.19. The van der Waals surface area contributed by atoms with Crippen LogP contribution < -0.4 is 4.74 Å². The molecule has 4 heterocycles. The van der Waals surface area contributed by atoms with Gasteiger partial charge >= 0.3 is 0 Å². The summed E-state index contributed by atoms with van der Waals surface area (Å²) in [5, 5.41) is 32.0. The van der Waals surface area contributed by atoms with Crippen LogP contribution in [0.5, 0.6) is 23.0 Å². The van der Waals surface area contributed by atoms with E-state index in [2.05, 4.69) is 65.1 Å². The zero-order valence-corrected chi connectivity index (χ0v) is 34.5. The van der Waals surface area contributed by atoms with Crippen molar-refractivity contribution >= 4 is 135 Å². The molecule has 0 aliphatic heterocycles. The van der Waals surface area contributed by atoms with Gasteiger partial charge in [0, 0.05) is 40.1 Å². The van der Waals surface area contributed by atoms with E-state index < -0.39 is 11.6 Å². The maximum absolute atomic E-state index is 13.3. The molecule has 8 nitrogen and oxygen atoms in total. The van der Waals surface area contributed by atoms with Gasteiger partial charge in [0.1, 0.15) is 37.3 Å². The monoisotopic (exact) mass is 1070 g/mol. The number of para-hydroxylation sites is 1. The average molecular weight is 1070 g/mol. The number of rotatable bonds is 1. The lowest BCUT2D eigenvalue weighted by molar-refractivity contribution is 0.416. The molecule has 0 saturated carbocycles. The van der Waals surface area contributed by atoms with Crippen LogP contribution >= 0.6 is 91.0 Å². The predicted molar refractivity (Wildman–Crippen MR) is 227 cm³/mol. The third kappa shape index (κ3) is 9.10. The van der Waals surface area contributed by atoms with Crippen LogP contribution in [0.15, 0.2) is 104 Å². The van der Waals surface area contributed by atoms with Crippen molar-refractivity contribution in [3.8, 4) is 23.0 Å². The molecule has 0 aliphatic carbocycles. The van der Waals surface area contributed by atoms with Crippen molar-refractivity contribution in [1.82, 2.24) is 19.9 Å². The molecular formula is C37H23Cl2F2I3N4O4. The minimum absolute atomic E-state index is 0.0394. The normalized spacial score (nSPS) is 10.5. The minimum Gasteiger partial charge on any atom is -0.506 e. The molecule has 264 valence electrons. The van der Waals surface area contributed by atoms with E-state index in [4.69, 9.17) is 27.9 Å². The molecule has 3 N–H and O–H groups in total. The van der Waals surface area contributed by atoms with Gasteiger partial charge in [-0.25, -0.2) is 13.8 Å². The van der Waals surface area contributed by atoms with E-state index in [1.165, 1.54) is 18.5 Å². The Morgan fingerprint density at radius 3 is 1.83 bits per heavy atom. The summed E-state index contributed by atoms with van der Waals surface area (Å²) in [6.45, 7) is 0. The molecule has 0 atom stereocenters.